The van der Waals surface area contributed by atoms with Crippen molar-refractivity contribution in [2.75, 3.05) is 13.2 Å². The Kier molecular flexibility index (Phi) is 5.31. The summed E-state index contributed by atoms with van der Waals surface area (Å²) >= 11 is 0. The van der Waals surface area contributed by atoms with Crippen molar-refractivity contribution < 1.29 is 18.3 Å². The van der Waals surface area contributed by atoms with Gasteiger partial charge in [0.25, 0.3) is 0 Å². The van der Waals surface area contributed by atoms with Gasteiger partial charge in [-0.25, -0.2) is 8.78 Å². The summed E-state index contributed by atoms with van der Waals surface area (Å²) in [4.78, 5) is 0. The number of halogens is 2. The summed E-state index contributed by atoms with van der Waals surface area (Å²) in [5.41, 5.74) is 0. The first-order valence-electron chi connectivity index (χ1n) is 7.01. The van der Waals surface area contributed by atoms with Crippen molar-refractivity contribution in [1.29, 1.82) is 0 Å². The number of nitrogens with one attached hydrogen (secondary N) is 1. The van der Waals surface area contributed by atoms with Gasteiger partial charge in [-0.05, 0) is 25.0 Å². The normalized spacial score (nSPS) is 22.4. The van der Waals surface area contributed by atoms with Crippen LogP contribution in [0.2, 0.25) is 0 Å². The zero-order valence-corrected chi connectivity index (χ0v) is 11.9. The van der Waals surface area contributed by atoms with E-state index in [-0.39, 0.29) is 12.2 Å². The summed E-state index contributed by atoms with van der Waals surface area (Å²) in [6, 6.07) is 3.99. The molecule has 2 rings (SSSR count). The van der Waals surface area contributed by atoms with Crippen molar-refractivity contribution in [2.45, 2.75) is 44.9 Å². The van der Waals surface area contributed by atoms with E-state index < -0.39 is 11.6 Å². The molecule has 2 unspecified atom stereocenters. The Hall–Kier alpha value is -1.20. The molecule has 0 aromatic heterocycles. The van der Waals surface area contributed by atoms with Gasteiger partial charge < -0.3 is 14.8 Å². The highest BCUT2D eigenvalue weighted by atomic mass is 19.2. The number of hydrogen-bond acceptors (Lipinski definition) is 3. The maximum Gasteiger partial charge on any atom is 0.162 e. The van der Waals surface area contributed by atoms with Gasteiger partial charge >= 0.3 is 0 Å². The Labute approximate surface area is 118 Å². The van der Waals surface area contributed by atoms with E-state index in [9.17, 15) is 8.78 Å². The van der Waals surface area contributed by atoms with Crippen molar-refractivity contribution in [3.8, 4) is 5.75 Å². The van der Waals surface area contributed by atoms with E-state index in [0.29, 0.717) is 18.4 Å². The van der Waals surface area contributed by atoms with Gasteiger partial charge in [-0.1, -0.05) is 13.8 Å². The molecule has 0 aliphatic carbocycles. The number of ether oxygens (including phenoxy) is 2. The van der Waals surface area contributed by atoms with Crippen LogP contribution in [0.5, 0.6) is 5.75 Å². The molecule has 1 saturated heterocycles. The fraction of sp³-hybridized carbons (Fsp3) is 0.600. The molecule has 1 aromatic rings. The first kappa shape index (κ1) is 15.2. The molecule has 1 heterocycles. The van der Waals surface area contributed by atoms with Crippen LogP contribution in [0.3, 0.4) is 0 Å². The van der Waals surface area contributed by atoms with Crippen molar-refractivity contribution in [1.82, 2.24) is 5.32 Å². The minimum Gasteiger partial charge on any atom is -0.491 e. The molecule has 1 N–H and O–H groups in total. The van der Waals surface area contributed by atoms with Gasteiger partial charge in [-0.3, -0.25) is 0 Å². The summed E-state index contributed by atoms with van der Waals surface area (Å²) in [5, 5.41) is 3.34. The highest BCUT2D eigenvalue weighted by Crippen LogP contribution is 2.21. The van der Waals surface area contributed by atoms with Gasteiger partial charge in [0.2, 0.25) is 0 Å². The predicted molar refractivity (Wildman–Crippen MR) is 72.9 cm³/mol. The molecule has 0 radical (unpaired) electrons. The van der Waals surface area contributed by atoms with Crippen LogP contribution in [-0.4, -0.2) is 31.4 Å². The van der Waals surface area contributed by atoms with Crippen LogP contribution in [0.4, 0.5) is 8.78 Å². The molecule has 1 aromatic carbocycles. The summed E-state index contributed by atoms with van der Waals surface area (Å²) in [6.45, 7) is 5.39. The number of benzene rings is 1. The molecule has 2 atom stereocenters. The van der Waals surface area contributed by atoms with Crippen LogP contribution in [0, 0.1) is 11.6 Å². The summed E-state index contributed by atoms with van der Waals surface area (Å²) < 4.78 is 37.1. The Morgan fingerprint density at radius 3 is 2.70 bits per heavy atom. The van der Waals surface area contributed by atoms with Crippen molar-refractivity contribution in [2.24, 2.45) is 0 Å². The first-order chi connectivity index (χ1) is 9.54. The summed E-state index contributed by atoms with van der Waals surface area (Å²) in [7, 11) is 0. The molecule has 1 fully saturated rings. The first-order valence-corrected chi connectivity index (χ1v) is 7.01. The van der Waals surface area contributed by atoms with E-state index in [1.807, 2.05) is 0 Å². The molecular weight excluding hydrogens is 264 g/mol. The van der Waals surface area contributed by atoms with E-state index in [0.717, 1.165) is 31.5 Å². The van der Waals surface area contributed by atoms with Crippen molar-refractivity contribution in [3.63, 3.8) is 0 Å². The lowest BCUT2D eigenvalue weighted by atomic mass is 10.2. The maximum absolute atomic E-state index is 13.0. The van der Waals surface area contributed by atoms with Gasteiger partial charge in [-0.2, -0.15) is 0 Å². The monoisotopic (exact) mass is 285 g/mol. The number of rotatable bonds is 6. The molecule has 20 heavy (non-hydrogen) atoms. The van der Waals surface area contributed by atoms with Gasteiger partial charge in [0.05, 0.1) is 12.2 Å². The van der Waals surface area contributed by atoms with Crippen LogP contribution in [0.15, 0.2) is 18.2 Å². The molecule has 0 saturated carbocycles. The zero-order valence-electron chi connectivity index (χ0n) is 11.9. The fourth-order valence-electron chi connectivity index (χ4n) is 2.18. The van der Waals surface area contributed by atoms with Gasteiger partial charge in [0.15, 0.2) is 11.6 Å². The average Bonchev–Trinajstić information content (AvgIpc) is 2.86. The average molecular weight is 285 g/mol. The van der Waals surface area contributed by atoms with E-state index in [1.165, 1.54) is 6.07 Å². The molecular formula is C15H21F2NO2. The van der Waals surface area contributed by atoms with Crippen LogP contribution in [-0.2, 0) is 4.74 Å². The Balaban J connectivity index is 1.73. The lowest BCUT2D eigenvalue weighted by Crippen LogP contribution is -2.32. The number of hydrogen-bond donors (Lipinski definition) is 1. The SMILES string of the molecule is CC(C)NCC1CCC(COc2ccc(F)c(F)c2)O1. The second kappa shape index (κ2) is 6.99. The second-order valence-electron chi connectivity index (χ2n) is 5.41. The predicted octanol–water partition coefficient (Wildman–Crippen LogP) is 2.89. The highest BCUT2D eigenvalue weighted by molar-refractivity contribution is 5.23. The van der Waals surface area contributed by atoms with Crippen molar-refractivity contribution >= 4 is 0 Å². The molecule has 1 aliphatic heterocycles. The third-order valence-electron chi connectivity index (χ3n) is 3.28. The molecule has 3 nitrogen and oxygen atoms in total. The van der Waals surface area contributed by atoms with Crippen LogP contribution >= 0.6 is 0 Å². The fourth-order valence-corrected chi connectivity index (χ4v) is 2.18. The molecule has 112 valence electrons. The molecule has 5 heteroatoms. The van der Waals surface area contributed by atoms with E-state index in [4.69, 9.17) is 9.47 Å². The minimum atomic E-state index is -0.895. The van der Waals surface area contributed by atoms with E-state index in [1.54, 1.807) is 0 Å². The maximum atomic E-state index is 13.0. The van der Waals surface area contributed by atoms with Crippen LogP contribution < -0.4 is 10.1 Å². The Morgan fingerprint density at radius 2 is 2.00 bits per heavy atom. The molecule has 0 bridgehead atoms. The standard InChI is InChI=1S/C15H21F2NO2/c1-10(2)18-8-12-3-4-13(20-12)9-19-11-5-6-14(16)15(17)7-11/h5-7,10,12-13,18H,3-4,8-9H2,1-2H3. The Bertz CT molecular complexity index is 440. The quantitative estimate of drug-likeness (QED) is 0.872. The molecule has 1 aliphatic rings. The smallest absolute Gasteiger partial charge is 0.162 e. The van der Waals surface area contributed by atoms with Crippen molar-refractivity contribution in [3.05, 3.63) is 29.8 Å². The van der Waals surface area contributed by atoms with Crippen LogP contribution in [0.1, 0.15) is 26.7 Å². The molecule has 0 amide bonds. The Morgan fingerprint density at radius 1 is 1.25 bits per heavy atom. The highest BCUT2D eigenvalue weighted by Gasteiger charge is 2.25. The zero-order chi connectivity index (χ0) is 14.5. The lowest BCUT2D eigenvalue weighted by Gasteiger charge is -2.16. The second-order valence-corrected chi connectivity index (χ2v) is 5.41. The lowest BCUT2D eigenvalue weighted by molar-refractivity contribution is 0.0178. The summed E-state index contributed by atoms with van der Waals surface area (Å²) in [6.07, 6.45) is 2.14. The summed E-state index contributed by atoms with van der Waals surface area (Å²) in [5.74, 6) is -1.43. The largest absolute Gasteiger partial charge is 0.491 e. The van der Waals surface area contributed by atoms with E-state index >= 15 is 0 Å². The third-order valence-corrected chi connectivity index (χ3v) is 3.28. The van der Waals surface area contributed by atoms with Gasteiger partial charge in [-0.15, -0.1) is 0 Å². The minimum absolute atomic E-state index is 0.0158. The third kappa shape index (κ3) is 4.42. The van der Waals surface area contributed by atoms with Gasteiger partial charge in [0.1, 0.15) is 12.4 Å². The van der Waals surface area contributed by atoms with Crippen LogP contribution in [0.25, 0.3) is 0 Å². The van der Waals surface area contributed by atoms with E-state index in [2.05, 4.69) is 19.2 Å². The topological polar surface area (TPSA) is 30.5 Å². The molecule has 0 spiro atoms. The van der Waals surface area contributed by atoms with Gasteiger partial charge in [0, 0.05) is 18.7 Å².